The standard InChI is InChI=1S/C17H17IN2O6/c1-24-14-8-11(7-13(18)16(14)26-10-15(21)22)6-12(9-19)17(23)20-2-4-25-5-3-20/h6-8H,2-5,10H2,1H3,(H,21,22)/b12-6-. The van der Waals surface area contributed by atoms with Gasteiger partial charge in [-0.15, -0.1) is 0 Å². The van der Waals surface area contributed by atoms with Gasteiger partial charge in [-0.1, -0.05) is 0 Å². The van der Waals surface area contributed by atoms with Crippen molar-refractivity contribution in [1.82, 2.24) is 4.90 Å². The van der Waals surface area contributed by atoms with Crippen LogP contribution in [0.15, 0.2) is 17.7 Å². The number of hydrogen-bond acceptors (Lipinski definition) is 6. The second-order valence-corrected chi connectivity index (χ2v) is 6.45. The van der Waals surface area contributed by atoms with Crippen molar-refractivity contribution in [3.05, 3.63) is 26.8 Å². The fraction of sp³-hybridized carbons (Fsp3) is 0.353. The van der Waals surface area contributed by atoms with Gasteiger partial charge in [0.15, 0.2) is 18.1 Å². The lowest BCUT2D eigenvalue weighted by atomic mass is 10.1. The Balaban J connectivity index is 2.29. The summed E-state index contributed by atoms with van der Waals surface area (Å²) in [7, 11) is 1.43. The van der Waals surface area contributed by atoms with E-state index in [1.165, 1.54) is 13.2 Å². The highest BCUT2D eigenvalue weighted by Gasteiger charge is 2.21. The minimum Gasteiger partial charge on any atom is -0.493 e. The van der Waals surface area contributed by atoms with Crippen LogP contribution in [0.1, 0.15) is 5.56 Å². The van der Waals surface area contributed by atoms with Crippen molar-refractivity contribution in [3.8, 4) is 17.6 Å². The van der Waals surface area contributed by atoms with Gasteiger partial charge < -0.3 is 24.2 Å². The fourth-order valence-electron chi connectivity index (χ4n) is 2.34. The molecule has 0 atom stereocenters. The molecule has 1 aromatic carbocycles. The average Bonchev–Trinajstić information content (AvgIpc) is 2.64. The second kappa shape index (κ2) is 9.40. The molecule has 1 heterocycles. The van der Waals surface area contributed by atoms with E-state index < -0.39 is 12.6 Å². The van der Waals surface area contributed by atoms with E-state index in [0.717, 1.165) is 0 Å². The van der Waals surface area contributed by atoms with Crippen LogP contribution in [-0.4, -0.2) is 61.9 Å². The molecular formula is C17H17IN2O6. The van der Waals surface area contributed by atoms with E-state index >= 15 is 0 Å². The molecule has 26 heavy (non-hydrogen) atoms. The topological polar surface area (TPSA) is 109 Å². The number of amides is 1. The Kier molecular flexibility index (Phi) is 7.23. The van der Waals surface area contributed by atoms with Crippen LogP contribution in [0.2, 0.25) is 0 Å². The molecule has 0 unspecified atom stereocenters. The second-order valence-electron chi connectivity index (χ2n) is 5.29. The molecule has 1 saturated heterocycles. The first-order valence-electron chi connectivity index (χ1n) is 7.67. The van der Waals surface area contributed by atoms with Crippen molar-refractivity contribution in [2.24, 2.45) is 0 Å². The van der Waals surface area contributed by atoms with Gasteiger partial charge >= 0.3 is 5.97 Å². The van der Waals surface area contributed by atoms with Crippen LogP contribution in [0.3, 0.4) is 0 Å². The average molecular weight is 472 g/mol. The van der Waals surface area contributed by atoms with Crippen LogP contribution in [0, 0.1) is 14.9 Å². The molecule has 9 heteroatoms. The maximum Gasteiger partial charge on any atom is 0.341 e. The van der Waals surface area contributed by atoms with Crippen LogP contribution in [0.25, 0.3) is 6.08 Å². The number of carbonyl (C=O) groups excluding carboxylic acids is 1. The quantitative estimate of drug-likeness (QED) is 0.380. The van der Waals surface area contributed by atoms with Gasteiger partial charge in [-0.05, 0) is 46.4 Å². The summed E-state index contributed by atoms with van der Waals surface area (Å²) in [5, 5.41) is 18.1. The molecule has 1 amide bonds. The van der Waals surface area contributed by atoms with E-state index in [-0.39, 0.29) is 11.5 Å². The van der Waals surface area contributed by atoms with Gasteiger partial charge in [-0.2, -0.15) is 5.26 Å². The van der Waals surface area contributed by atoms with Gasteiger partial charge in [-0.3, -0.25) is 4.79 Å². The highest BCUT2D eigenvalue weighted by molar-refractivity contribution is 14.1. The van der Waals surface area contributed by atoms with Gasteiger partial charge in [0, 0.05) is 13.1 Å². The zero-order valence-electron chi connectivity index (χ0n) is 14.0. The number of halogens is 1. The van der Waals surface area contributed by atoms with Gasteiger partial charge in [0.2, 0.25) is 0 Å². The Hall–Kier alpha value is -2.32. The molecule has 0 aliphatic carbocycles. The summed E-state index contributed by atoms with van der Waals surface area (Å²) in [5.41, 5.74) is 0.580. The SMILES string of the molecule is COc1cc(/C=C(/C#N)C(=O)N2CCOCC2)cc(I)c1OCC(=O)O. The number of hydrogen-bond donors (Lipinski definition) is 1. The molecule has 8 nitrogen and oxygen atoms in total. The summed E-state index contributed by atoms with van der Waals surface area (Å²) in [6.45, 7) is 1.29. The van der Waals surface area contributed by atoms with Crippen molar-refractivity contribution in [3.63, 3.8) is 0 Å². The van der Waals surface area contributed by atoms with Crippen molar-refractivity contribution >= 4 is 40.5 Å². The minimum atomic E-state index is -1.10. The van der Waals surface area contributed by atoms with Crippen LogP contribution in [0.4, 0.5) is 0 Å². The fourth-order valence-corrected chi connectivity index (χ4v) is 3.12. The van der Waals surface area contributed by atoms with Gasteiger partial charge in [0.05, 0.1) is 23.9 Å². The van der Waals surface area contributed by atoms with Crippen LogP contribution in [0.5, 0.6) is 11.5 Å². The predicted octanol–water partition coefficient (Wildman–Crippen LogP) is 1.53. The summed E-state index contributed by atoms with van der Waals surface area (Å²) >= 11 is 1.98. The third-order valence-electron chi connectivity index (χ3n) is 3.55. The number of carboxylic acids is 1. The molecule has 1 aliphatic heterocycles. The monoisotopic (exact) mass is 472 g/mol. The van der Waals surface area contributed by atoms with Gasteiger partial charge in [-0.25, -0.2) is 4.79 Å². The molecule has 0 spiro atoms. The molecule has 1 aromatic rings. The third-order valence-corrected chi connectivity index (χ3v) is 4.35. The first kappa shape index (κ1) is 20.0. The molecule has 2 rings (SSSR count). The smallest absolute Gasteiger partial charge is 0.341 e. The normalized spacial score (nSPS) is 14.5. The lowest BCUT2D eigenvalue weighted by Crippen LogP contribution is -2.41. The van der Waals surface area contributed by atoms with E-state index in [1.807, 2.05) is 28.7 Å². The summed E-state index contributed by atoms with van der Waals surface area (Å²) < 4.78 is 16.3. The van der Waals surface area contributed by atoms with E-state index in [2.05, 4.69) is 0 Å². The number of morpholine rings is 1. The highest BCUT2D eigenvalue weighted by atomic mass is 127. The number of methoxy groups -OCH3 is 1. The zero-order chi connectivity index (χ0) is 19.1. The Labute approximate surface area is 164 Å². The number of rotatable bonds is 6. The number of carbonyl (C=O) groups is 2. The number of ether oxygens (including phenoxy) is 3. The lowest BCUT2D eigenvalue weighted by molar-refractivity contribution is -0.139. The number of nitrogens with zero attached hydrogens (tertiary/aromatic N) is 2. The molecule has 1 aliphatic rings. The van der Waals surface area contributed by atoms with Crippen LogP contribution >= 0.6 is 22.6 Å². The molecule has 0 radical (unpaired) electrons. The summed E-state index contributed by atoms with van der Waals surface area (Å²) in [6.07, 6.45) is 1.48. The Morgan fingerprint density at radius 1 is 1.42 bits per heavy atom. The predicted molar refractivity (Wildman–Crippen MR) is 99.8 cm³/mol. The maximum atomic E-state index is 12.5. The largest absolute Gasteiger partial charge is 0.493 e. The third kappa shape index (κ3) is 5.09. The number of carboxylic acid groups (broad SMARTS) is 1. The highest BCUT2D eigenvalue weighted by Crippen LogP contribution is 2.34. The Morgan fingerprint density at radius 2 is 2.12 bits per heavy atom. The van der Waals surface area contributed by atoms with E-state index in [9.17, 15) is 14.9 Å². The molecule has 0 aromatic heterocycles. The van der Waals surface area contributed by atoms with Crippen LogP contribution in [-0.2, 0) is 14.3 Å². The molecule has 0 bridgehead atoms. The first-order chi connectivity index (χ1) is 12.5. The molecule has 138 valence electrons. The van der Waals surface area contributed by atoms with Crippen molar-refractivity contribution in [1.29, 1.82) is 5.26 Å². The summed E-state index contributed by atoms with van der Waals surface area (Å²) in [6, 6.07) is 5.21. The van der Waals surface area contributed by atoms with Crippen molar-refractivity contribution in [2.75, 3.05) is 40.0 Å². The van der Waals surface area contributed by atoms with E-state index in [0.29, 0.717) is 46.9 Å². The number of benzene rings is 1. The number of aliphatic carboxylic acids is 1. The van der Waals surface area contributed by atoms with E-state index in [1.54, 1.807) is 17.0 Å². The molecule has 1 N–H and O–H groups in total. The van der Waals surface area contributed by atoms with Gasteiger partial charge in [0.25, 0.3) is 5.91 Å². The van der Waals surface area contributed by atoms with Crippen molar-refractivity contribution in [2.45, 2.75) is 0 Å². The maximum absolute atomic E-state index is 12.5. The summed E-state index contributed by atoms with van der Waals surface area (Å²) in [4.78, 5) is 24.7. The number of nitriles is 1. The van der Waals surface area contributed by atoms with E-state index in [4.69, 9.17) is 19.3 Å². The molecular weight excluding hydrogens is 455 g/mol. The van der Waals surface area contributed by atoms with Gasteiger partial charge in [0.1, 0.15) is 11.6 Å². The minimum absolute atomic E-state index is 0.00366. The first-order valence-corrected chi connectivity index (χ1v) is 8.75. The Bertz CT molecular complexity index is 765. The van der Waals surface area contributed by atoms with Crippen LogP contribution < -0.4 is 9.47 Å². The molecule has 0 saturated carbocycles. The summed E-state index contributed by atoms with van der Waals surface area (Å²) in [5.74, 6) is -0.836. The lowest BCUT2D eigenvalue weighted by Gasteiger charge is -2.26. The Morgan fingerprint density at radius 3 is 2.69 bits per heavy atom. The molecule has 1 fully saturated rings. The zero-order valence-corrected chi connectivity index (χ0v) is 16.2. The van der Waals surface area contributed by atoms with Crippen molar-refractivity contribution < 1.29 is 28.9 Å².